The first kappa shape index (κ1) is 14.8. The van der Waals surface area contributed by atoms with Crippen LogP contribution >= 0.6 is 0 Å². The van der Waals surface area contributed by atoms with Crippen LogP contribution in [0.5, 0.6) is 0 Å². The average molecular weight is 267 g/mol. The fourth-order valence-corrected chi connectivity index (χ4v) is 2.78. The van der Waals surface area contributed by atoms with Gasteiger partial charge in [0.05, 0.1) is 19.0 Å². The Kier molecular flexibility index (Phi) is 5.81. The Morgan fingerprint density at radius 3 is 2.59 bits per heavy atom. The molecule has 0 aromatic rings. The van der Waals surface area contributed by atoms with Gasteiger partial charge >= 0.3 is 0 Å². The van der Waals surface area contributed by atoms with Crippen LogP contribution in [0.25, 0.3) is 0 Å². The highest BCUT2D eigenvalue weighted by Gasteiger charge is 2.33. The van der Waals surface area contributed by atoms with E-state index in [9.17, 15) is 13.5 Å². The molecule has 1 saturated heterocycles. The van der Waals surface area contributed by atoms with E-state index < -0.39 is 10.0 Å². The fraction of sp³-hybridized carbons (Fsp3) is 1.00. The molecule has 1 rings (SSSR count). The summed E-state index contributed by atoms with van der Waals surface area (Å²) in [6.45, 7) is 1.55. The van der Waals surface area contributed by atoms with E-state index in [4.69, 9.17) is 9.47 Å². The molecule has 0 unspecified atom stereocenters. The Morgan fingerprint density at radius 1 is 1.41 bits per heavy atom. The summed E-state index contributed by atoms with van der Waals surface area (Å²) in [5.41, 5.74) is -0.377. The van der Waals surface area contributed by atoms with Crippen molar-refractivity contribution >= 4 is 10.0 Å². The lowest BCUT2D eigenvalue weighted by molar-refractivity contribution is -0.0126. The summed E-state index contributed by atoms with van der Waals surface area (Å²) in [5.74, 6) is -0.0541. The summed E-state index contributed by atoms with van der Waals surface area (Å²) in [5, 5.41) is 9.40. The lowest BCUT2D eigenvalue weighted by atomic mass is 9.81. The third-order valence-corrected chi connectivity index (χ3v) is 4.40. The second-order valence-corrected chi connectivity index (χ2v) is 6.33. The second kappa shape index (κ2) is 6.65. The second-order valence-electron chi connectivity index (χ2n) is 4.40. The van der Waals surface area contributed by atoms with Gasteiger partial charge in [-0.3, -0.25) is 0 Å². The highest BCUT2D eigenvalue weighted by molar-refractivity contribution is 7.89. The fourth-order valence-electron chi connectivity index (χ4n) is 1.72. The Balaban J connectivity index is 2.46. The summed E-state index contributed by atoms with van der Waals surface area (Å²) < 4.78 is 35.7. The number of hydrogen-bond donors (Lipinski definition) is 2. The molecule has 0 aromatic heterocycles. The van der Waals surface area contributed by atoms with Crippen LogP contribution in [0.2, 0.25) is 0 Å². The first-order valence-corrected chi connectivity index (χ1v) is 7.34. The molecule has 1 aliphatic heterocycles. The quantitative estimate of drug-likeness (QED) is 0.640. The summed E-state index contributed by atoms with van der Waals surface area (Å²) in [6, 6.07) is 0. The van der Waals surface area contributed by atoms with Gasteiger partial charge in [0.25, 0.3) is 0 Å². The van der Waals surface area contributed by atoms with Gasteiger partial charge in [-0.05, 0) is 12.8 Å². The monoisotopic (exact) mass is 267 g/mol. The molecule has 7 heteroatoms. The van der Waals surface area contributed by atoms with Gasteiger partial charge in [0.2, 0.25) is 10.0 Å². The van der Waals surface area contributed by atoms with Gasteiger partial charge in [0.1, 0.15) is 0 Å². The molecule has 0 aliphatic carbocycles. The smallest absolute Gasteiger partial charge is 0.213 e. The normalized spacial score (nSPS) is 20.4. The lowest BCUT2D eigenvalue weighted by Crippen LogP contribution is -2.44. The number of nitrogens with one attached hydrogen (secondary N) is 1. The van der Waals surface area contributed by atoms with Crippen molar-refractivity contribution in [3.63, 3.8) is 0 Å². The largest absolute Gasteiger partial charge is 0.396 e. The van der Waals surface area contributed by atoms with Crippen molar-refractivity contribution in [3.05, 3.63) is 0 Å². The maximum atomic E-state index is 11.6. The van der Waals surface area contributed by atoms with E-state index in [0.717, 1.165) is 0 Å². The van der Waals surface area contributed by atoms with Crippen molar-refractivity contribution in [2.45, 2.75) is 12.8 Å². The molecule has 0 spiro atoms. The zero-order valence-corrected chi connectivity index (χ0v) is 11.0. The average Bonchev–Trinajstić information content (AvgIpc) is 2.35. The maximum Gasteiger partial charge on any atom is 0.213 e. The van der Waals surface area contributed by atoms with E-state index in [1.807, 2.05) is 0 Å². The number of aliphatic hydroxyl groups is 1. The van der Waals surface area contributed by atoms with Crippen LogP contribution in [0.3, 0.4) is 0 Å². The van der Waals surface area contributed by atoms with E-state index >= 15 is 0 Å². The minimum absolute atomic E-state index is 0.0246. The van der Waals surface area contributed by atoms with Crippen molar-refractivity contribution in [1.29, 1.82) is 0 Å². The van der Waals surface area contributed by atoms with Crippen LogP contribution in [0.4, 0.5) is 0 Å². The number of ether oxygens (including phenoxy) is 2. The Bertz CT molecular complexity index is 311. The highest BCUT2D eigenvalue weighted by Crippen LogP contribution is 2.29. The van der Waals surface area contributed by atoms with Crippen LogP contribution < -0.4 is 4.72 Å². The first-order valence-electron chi connectivity index (χ1n) is 5.68. The summed E-state index contributed by atoms with van der Waals surface area (Å²) in [6.07, 6.45) is 1.35. The van der Waals surface area contributed by atoms with E-state index in [2.05, 4.69) is 4.72 Å². The number of hydrogen-bond acceptors (Lipinski definition) is 5. The molecular formula is C10H21NO5S. The molecule has 0 amide bonds. The van der Waals surface area contributed by atoms with E-state index in [0.29, 0.717) is 26.1 Å². The lowest BCUT2D eigenvalue weighted by Gasteiger charge is -2.35. The summed E-state index contributed by atoms with van der Waals surface area (Å²) in [7, 11) is -1.86. The molecule has 6 nitrogen and oxygen atoms in total. The number of sulfonamides is 1. The summed E-state index contributed by atoms with van der Waals surface area (Å²) >= 11 is 0. The van der Waals surface area contributed by atoms with Gasteiger partial charge in [-0.15, -0.1) is 0 Å². The molecule has 0 saturated carbocycles. The van der Waals surface area contributed by atoms with Crippen molar-refractivity contribution in [1.82, 2.24) is 4.72 Å². The van der Waals surface area contributed by atoms with E-state index in [1.54, 1.807) is 0 Å². The Labute approximate surface area is 102 Å². The standard InChI is InChI=1S/C10H21NO5S/c1-15-6-7-17(13,14)11-8-10(9-12)2-4-16-5-3-10/h11-12H,2-9H2,1H3. The molecule has 1 heterocycles. The minimum atomic E-state index is -3.32. The Morgan fingerprint density at radius 2 is 2.06 bits per heavy atom. The molecule has 0 aromatic carbocycles. The minimum Gasteiger partial charge on any atom is -0.396 e. The number of methoxy groups -OCH3 is 1. The van der Waals surface area contributed by atoms with Crippen LogP contribution in [0.1, 0.15) is 12.8 Å². The van der Waals surface area contributed by atoms with Gasteiger partial charge in [-0.2, -0.15) is 0 Å². The maximum absolute atomic E-state index is 11.6. The number of rotatable bonds is 7. The van der Waals surface area contributed by atoms with Crippen LogP contribution in [-0.4, -0.2) is 59.4 Å². The van der Waals surface area contributed by atoms with Gasteiger partial charge in [0, 0.05) is 32.3 Å². The van der Waals surface area contributed by atoms with E-state index in [1.165, 1.54) is 7.11 Å². The topological polar surface area (TPSA) is 84.9 Å². The van der Waals surface area contributed by atoms with Gasteiger partial charge in [-0.25, -0.2) is 13.1 Å². The zero-order valence-electron chi connectivity index (χ0n) is 10.1. The third kappa shape index (κ3) is 4.89. The highest BCUT2D eigenvalue weighted by atomic mass is 32.2. The molecule has 17 heavy (non-hydrogen) atoms. The van der Waals surface area contributed by atoms with Crippen LogP contribution in [0, 0.1) is 5.41 Å². The molecule has 0 atom stereocenters. The predicted molar refractivity (Wildman–Crippen MR) is 63.2 cm³/mol. The predicted octanol–water partition coefficient (Wildman–Crippen LogP) is -0.659. The molecule has 1 aliphatic rings. The first-order chi connectivity index (χ1) is 8.04. The molecule has 0 bridgehead atoms. The van der Waals surface area contributed by atoms with E-state index in [-0.39, 0.29) is 30.9 Å². The molecular weight excluding hydrogens is 246 g/mol. The Hall–Kier alpha value is -0.210. The molecule has 1 fully saturated rings. The van der Waals surface area contributed by atoms with Crippen LogP contribution in [-0.2, 0) is 19.5 Å². The van der Waals surface area contributed by atoms with Crippen molar-refractivity contribution in [2.24, 2.45) is 5.41 Å². The van der Waals surface area contributed by atoms with Crippen molar-refractivity contribution < 1.29 is 23.0 Å². The van der Waals surface area contributed by atoms with Crippen LogP contribution in [0.15, 0.2) is 0 Å². The van der Waals surface area contributed by atoms with Gasteiger partial charge in [0.15, 0.2) is 0 Å². The van der Waals surface area contributed by atoms with Crippen molar-refractivity contribution in [2.75, 3.05) is 45.8 Å². The molecule has 0 radical (unpaired) electrons. The van der Waals surface area contributed by atoms with Gasteiger partial charge < -0.3 is 14.6 Å². The SMILES string of the molecule is COCCS(=O)(=O)NCC1(CO)CCOCC1. The zero-order chi connectivity index (χ0) is 12.8. The molecule has 102 valence electrons. The van der Waals surface area contributed by atoms with Gasteiger partial charge in [-0.1, -0.05) is 0 Å². The number of aliphatic hydroxyl groups excluding tert-OH is 1. The van der Waals surface area contributed by atoms with Crippen molar-refractivity contribution in [3.8, 4) is 0 Å². The summed E-state index contributed by atoms with van der Waals surface area (Å²) in [4.78, 5) is 0. The third-order valence-electron chi connectivity index (χ3n) is 3.11. The molecule has 2 N–H and O–H groups in total.